The Balaban J connectivity index is 1.67. The Morgan fingerprint density at radius 2 is 2.26 bits per heavy atom. The molecule has 1 unspecified atom stereocenters. The maximum atomic E-state index is 10.2. The van der Waals surface area contributed by atoms with E-state index in [1.165, 1.54) is 11.8 Å². The third-order valence-electron chi connectivity index (χ3n) is 2.93. The minimum absolute atomic E-state index is 0.247. The van der Waals surface area contributed by atoms with E-state index < -0.39 is 6.10 Å². The molecule has 3 rings (SSSR count). The van der Waals surface area contributed by atoms with Crippen LogP contribution in [0.15, 0.2) is 35.7 Å². The number of imidazole rings is 1. The molecule has 1 aromatic carbocycles. The van der Waals surface area contributed by atoms with Crippen LogP contribution in [-0.4, -0.2) is 27.2 Å². The molecule has 0 aliphatic carbocycles. The molecule has 0 bridgehead atoms. The molecule has 0 saturated heterocycles. The van der Waals surface area contributed by atoms with Gasteiger partial charge in [0.1, 0.15) is 0 Å². The number of ether oxygens (including phenoxy) is 2. The molecule has 2 aromatic rings. The van der Waals surface area contributed by atoms with Crippen molar-refractivity contribution in [2.24, 2.45) is 7.05 Å². The number of thioether (sulfide) groups is 1. The van der Waals surface area contributed by atoms with E-state index in [0.29, 0.717) is 11.5 Å². The van der Waals surface area contributed by atoms with E-state index >= 15 is 0 Å². The van der Waals surface area contributed by atoms with Gasteiger partial charge in [-0.2, -0.15) is 0 Å². The van der Waals surface area contributed by atoms with E-state index in [2.05, 4.69) is 4.98 Å². The molecule has 0 fully saturated rings. The van der Waals surface area contributed by atoms with Gasteiger partial charge < -0.3 is 19.1 Å². The second kappa shape index (κ2) is 5.14. The number of benzene rings is 1. The van der Waals surface area contributed by atoms with Crippen molar-refractivity contribution < 1.29 is 14.6 Å². The van der Waals surface area contributed by atoms with Crippen molar-refractivity contribution in [2.75, 3.05) is 12.5 Å². The van der Waals surface area contributed by atoms with Crippen molar-refractivity contribution in [3.8, 4) is 11.5 Å². The quantitative estimate of drug-likeness (QED) is 0.867. The monoisotopic (exact) mass is 278 g/mol. The lowest BCUT2D eigenvalue weighted by atomic mass is 10.1. The van der Waals surface area contributed by atoms with Gasteiger partial charge in [0, 0.05) is 25.2 Å². The van der Waals surface area contributed by atoms with Crippen LogP contribution < -0.4 is 9.47 Å². The zero-order valence-electron chi connectivity index (χ0n) is 10.4. The molecule has 1 atom stereocenters. The van der Waals surface area contributed by atoms with Crippen LogP contribution in [0.4, 0.5) is 0 Å². The number of hydrogen-bond donors (Lipinski definition) is 1. The molecule has 1 aliphatic heterocycles. The second-order valence-electron chi connectivity index (χ2n) is 4.26. The highest BCUT2D eigenvalue weighted by molar-refractivity contribution is 7.99. The van der Waals surface area contributed by atoms with Crippen LogP contribution in [-0.2, 0) is 7.05 Å². The fraction of sp³-hybridized carbons (Fsp3) is 0.308. The third kappa shape index (κ3) is 2.54. The SMILES string of the molecule is Cn1ccnc1SCC(O)c1ccc2c(c1)OCO2. The van der Waals surface area contributed by atoms with Crippen LogP contribution in [0.2, 0.25) is 0 Å². The number of aliphatic hydroxyl groups is 1. The zero-order valence-corrected chi connectivity index (χ0v) is 11.3. The maximum Gasteiger partial charge on any atom is 0.231 e. The maximum absolute atomic E-state index is 10.2. The number of aliphatic hydroxyl groups excluding tert-OH is 1. The minimum Gasteiger partial charge on any atom is -0.454 e. The highest BCUT2D eigenvalue weighted by atomic mass is 32.2. The van der Waals surface area contributed by atoms with Gasteiger partial charge in [-0.05, 0) is 17.7 Å². The summed E-state index contributed by atoms with van der Waals surface area (Å²) in [6, 6.07) is 5.51. The Hall–Kier alpha value is -1.66. The average molecular weight is 278 g/mol. The summed E-state index contributed by atoms with van der Waals surface area (Å²) in [5, 5.41) is 11.1. The van der Waals surface area contributed by atoms with Crippen LogP contribution in [0.3, 0.4) is 0 Å². The Bertz CT molecular complexity index is 585. The Labute approximate surface area is 115 Å². The smallest absolute Gasteiger partial charge is 0.231 e. The first-order valence-corrected chi connectivity index (χ1v) is 6.90. The lowest BCUT2D eigenvalue weighted by molar-refractivity contribution is 0.173. The normalized spacial score (nSPS) is 14.6. The van der Waals surface area contributed by atoms with E-state index in [4.69, 9.17) is 9.47 Å². The van der Waals surface area contributed by atoms with Crippen LogP contribution >= 0.6 is 11.8 Å². The Kier molecular flexibility index (Phi) is 3.35. The van der Waals surface area contributed by atoms with Crippen molar-refractivity contribution in [3.63, 3.8) is 0 Å². The highest BCUT2D eigenvalue weighted by Gasteiger charge is 2.17. The van der Waals surface area contributed by atoms with E-state index in [1.54, 1.807) is 6.20 Å². The van der Waals surface area contributed by atoms with Crippen LogP contribution in [0.5, 0.6) is 11.5 Å². The van der Waals surface area contributed by atoms with E-state index in [0.717, 1.165) is 16.5 Å². The van der Waals surface area contributed by atoms with Gasteiger partial charge in [0.15, 0.2) is 16.7 Å². The zero-order chi connectivity index (χ0) is 13.2. The fourth-order valence-corrected chi connectivity index (χ4v) is 2.76. The average Bonchev–Trinajstić information content (AvgIpc) is 3.03. The highest BCUT2D eigenvalue weighted by Crippen LogP contribution is 2.35. The van der Waals surface area contributed by atoms with Gasteiger partial charge in [-0.3, -0.25) is 0 Å². The molecule has 0 saturated carbocycles. The molecule has 2 heterocycles. The first-order chi connectivity index (χ1) is 9.24. The van der Waals surface area contributed by atoms with Gasteiger partial charge in [-0.15, -0.1) is 0 Å². The molecule has 100 valence electrons. The molecular weight excluding hydrogens is 264 g/mol. The standard InChI is InChI=1S/C13H14N2O3S/c1-15-5-4-14-13(15)19-7-10(16)9-2-3-11-12(6-9)18-8-17-11/h2-6,10,16H,7-8H2,1H3. The predicted octanol–water partition coefficient (Wildman–Crippen LogP) is 1.97. The number of rotatable bonds is 4. The van der Waals surface area contributed by atoms with Crippen LogP contribution in [0.25, 0.3) is 0 Å². The van der Waals surface area contributed by atoms with Gasteiger partial charge in [0.2, 0.25) is 6.79 Å². The summed E-state index contributed by atoms with van der Waals surface area (Å²) in [6.07, 6.45) is 3.07. The molecule has 6 heteroatoms. The largest absolute Gasteiger partial charge is 0.454 e. The molecule has 0 radical (unpaired) electrons. The number of aryl methyl sites for hydroxylation is 1. The molecule has 1 aromatic heterocycles. The van der Waals surface area contributed by atoms with Crippen molar-refractivity contribution in [1.82, 2.24) is 9.55 Å². The molecule has 19 heavy (non-hydrogen) atoms. The number of aromatic nitrogens is 2. The number of nitrogens with zero attached hydrogens (tertiary/aromatic N) is 2. The second-order valence-corrected chi connectivity index (χ2v) is 5.25. The molecule has 0 amide bonds. The van der Waals surface area contributed by atoms with Crippen LogP contribution in [0.1, 0.15) is 11.7 Å². The van der Waals surface area contributed by atoms with Crippen molar-refractivity contribution in [2.45, 2.75) is 11.3 Å². The first kappa shape index (κ1) is 12.4. The topological polar surface area (TPSA) is 56.5 Å². The summed E-state index contributed by atoms with van der Waals surface area (Å²) in [4.78, 5) is 4.21. The summed E-state index contributed by atoms with van der Waals surface area (Å²) < 4.78 is 12.5. The molecular formula is C13H14N2O3S. The van der Waals surface area contributed by atoms with E-state index in [1.807, 2.05) is 36.0 Å². The molecule has 0 spiro atoms. The van der Waals surface area contributed by atoms with Crippen molar-refractivity contribution >= 4 is 11.8 Å². The first-order valence-electron chi connectivity index (χ1n) is 5.92. The number of fused-ring (bicyclic) bond motifs is 1. The van der Waals surface area contributed by atoms with Gasteiger partial charge in [0.25, 0.3) is 0 Å². The van der Waals surface area contributed by atoms with Crippen LogP contribution in [0, 0.1) is 0 Å². The van der Waals surface area contributed by atoms with Crippen molar-refractivity contribution in [1.29, 1.82) is 0 Å². The minimum atomic E-state index is -0.559. The lowest BCUT2D eigenvalue weighted by Gasteiger charge is -2.11. The molecule has 1 aliphatic rings. The Morgan fingerprint density at radius 1 is 1.42 bits per heavy atom. The van der Waals surface area contributed by atoms with Crippen molar-refractivity contribution in [3.05, 3.63) is 36.2 Å². The summed E-state index contributed by atoms with van der Waals surface area (Å²) in [6.45, 7) is 0.247. The van der Waals surface area contributed by atoms with Gasteiger partial charge >= 0.3 is 0 Å². The van der Waals surface area contributed by atoms with Gasteiger partial charge in [-0.25, -0.2) is 4.98 Å². The lowest BCUT2D eigenvalue weighted by Crippen LogP contribution is -2.02. The van der Waals surface area contributed by atoms with E-state index in [9.17, 15) is 5.11 Å². The van der Waals surface area contributed by atoms with Gasteiger partial charge in [0.05, 0.1) is 6.10 Å². The molecule has 5 nitrogen and oxygen atoms in total. The van der Waals surface area contributed by atoms with E-state index in [-0.39, 0.29) is 6.79 Å². The Morgan fingerprint density at radius 3 is 3.05 bits per heavy atom. The number of hydrogen-bond acceptors (Lipinski definition) is 5. The summed E-state index contributed by atoms with van der Waals surface area (Å²) in [7, 11) is 1.93. The third-order valence-corrected chi connectivity index (χ3v) is 4.06. The van der Waals surface area contributed by atoms with Gasteiger partial charge in [-0.1, -0.05) is 17.8 Å². The molecule has 1 N–H and O–H groups in total. The summed E-state index contributed by atoms with van der Waals surface area (Å²) >= 11 is 1.52. The summed E-state index contributed by atoms with van der Waals surface area (Å²) in [5.74, 6) is 1.97. The fourth-order valence-electron chi connectivity index (χ4n) is 1.86. The summed E-state index contributed by atoms with van der Waals surface area (Å²) in [5.41, 5.74) is 0.825. The predicted molar refractivity (Wildman–Crippen MR) is 71.5 cm³/mol.